The summed E-state index contributed by atoms with van der Waals surface area (Å²) in [5.74, 6) is 0. The molecule has 2 aliphatic rings. The number of hydrogen-bond donors (Lipinski definition) is 1. The fourth-order valence-electron chi connectivity index (χ4n) is 2.84. The van der Waals surface area contributed by atoms with Gasteiger partial charge in [-0.15, -0.1) is 0 Å². The average molecular weight is 202 g/mol. The first kappa shape index (κ1) is 9.22. The number of nitrogens with two attached hydrogens (primary N) is 1. The number of fused-ring (bicyclic) bond motifs is 1. The second kappa shape index (κ2) is 3.53. The van der Waals surface area contributed by atoms with Crippen molar-refractivity contribution in [1.82, 2.24) is 4.90 Å². The average Bonchev–Trinajstić information content (AvgIpc) is 2.15. The molecule has 3 rings (SSSR count). The van der Waals surface area contributed by atoms with Gasteiger partial charge in [-0.1, -0.05) is 12.1 Å². The maximum Gasteiger partial charge on any atom is 0.0349 e. The quantitative estimate of drug-likeness (QED) is 0.704. The lowest BCUT2D eigenvalue weighted by atomic mass is 9.85. The lowest BCUT2D eigenvalue weighted by Crippen LogP contribution is -2.47. The van der Waals surface area contributed by atoms with Crippen LogP contribution in [0.2, 0.25) is 0 Å². The molecule has 1 aromatic rings. The van der Waals surface area contributed by atoms with Crippen LogP contribution < -0.4 is 5.73 Å². The van der Waals surface area contributed by atoms with Gasteiger partial charge in [0.2, 0.25) is 0 Å². The minimum absolute atomic E-state index is 0.785. The van der Waals surface area contributed by atoms with Crippen LogP contribution in [0.3, 0.4) is 0 Å². The van der Waals surface area contributed by atoms with Crippen molar-refractivity contribution in [2.24, 2.45) is 0 Å². The molecule has 1 aliphatic heterocycles. The van der Waals surface area contributed by atoms with E-state index in [9.17, 15) is 0 Å². The minimum Gasteiger partial charge on any atom is -0.398 e. The molecule has 0 bridgehead atoms. The van der Waals surface area contributed by atoms with Crippen molar-refractivity contribution in [2.45, 2.75) is 31.7 Å². The summed E-state index contributed by atoms with van der Waals surface area (Å²) in [6.07, 6.45) is 5.06. The highest BCUT2D eigenvalue weighted by atomic mass is 15.2. The molecule has 15 heavy (non-hydrogen) atoms. The van der Waals surface area contributed by atoms with Crippen LogP contribution >= 0.6 is 0 Å². The Balaban J connectivity index is 1.83. The van der Waals surface area contributed by atoms with Gasteiger partial charge in [0, 0.05) is 11.7 Å². The van der Waals surface area contributed by atoms with E-state index in [4.69, 9.17) is 5.73 Å². The van der Waals surface area contributed by atoms with Crippen molar-refractivity contribution >= 4 is 5.69 Å². The Morgan fingerprint density at radius 1 is 1.27 bits per heavy atom. The standard InChI is InChI=1S/C13H18N2/c14-13-4-1-3-10-9-11(5-6-12(10)13)15-7-2-8-15/h1,3-4,11H,2,5-9,14H2. The van der Waals surface area contributed by atoms with Gasteiger partial charge >= 0.3 is 0 Å². The van der Waals surface area contributed by atoms with Crippen molar-refractivity contribution < 1.29 is 0 Å². The van der Waals surface area contributed by atoms with Gasteiger partial charge in [0.15, 0.2) is 0 Å². The summed E-state index contributed by atoms with van der Waals surface area (Å²) in [5.41, 5.74) is 9.89. The summed E-state index contributed by atoms with van der Waals surface area (Å²) < 4.78 is 0. The van der Waals surface area contributed by atoms with Crippen LogP contribution in [0.5, 0.6) is 0 Å². The van der Waals surface area contributed by atoms with Crippen LogP contribution in [0.1, 0.15) is 24.0 Å². The van der Waals surface area contributed by atoms with E-state index in [1.807, 2.05) is 6.07 Å². The highest BCUT2D eigenvalue weighted by molar-refractivity contribution is 5.52. The molecule has 1 saturated heterocycles. The number of benzene rings is 1. The number of nitrogens with zero attached hydrogens (tertiary/aromatic N) is 1. The molecule has 1 atom stereocenters. The Hall–Kier alpha value is -1.02. The topological polar surface area (TPSA) is 29.3 Å². The normalized spacial score (nSPS) is 25.7. The molecule has 1 fully saturated rings. The molecule has 1 aliphatic carbocycles. The summed E-state index contributed by atoms with van der Waals surface area (Å²) in [6, 6.07) is 7.15. The van der Waals surface area contributed by atoms with Crippen molar-refractivity contribution in [2.75, 3.05) is 18.8 Å². The summed E-state index contributed by atoms with van der Waals surface area (Å²) in [6.45, 7) is 2.62. The van der Waals surface area contributed by atoms with Crippen LogP contribution in [0.4, 0.5) is 5.69 Å². The summed E-state index contributed by atoms with van der Waals surface area (Å²) in [5, 5.41) is 0. The van der Waals surface area contributed by atoms with Crippen LogP contribution in [-0.2, 0) is 12.8 Å². The first-order valence-electron chi connectivity index (χ1n) is 5.95. The molecule has 1 unspecified atom stereocenters. The van der Waals surface area contributed by atoms with Gasteiger partial charge in [-0.25, -0.2) is 0 Å². The summed E-state index contributed by atoms with van der Waals surface area (Å²) in [4.78, 5) is 2.62. The Labute approximate surface area is 91.1 Å². The van der Waals surface area contributed by atoms with Crippen LogP contribution in [0.25, 0.3) is 0 Å². The van der Waals surface area contributed by atoms with Crippen molar-refractivity contribution in [3.8, 4) is 0 Å². The van der Waals surface area contributed by atoms with E-state index < -0.39 is 0 Å². The van der Waals surface area contributed by atoms with Crippen LogP contribution in [0, 0.1) is 0 Å². The molecule has 0 aromatic heterocycles. The van der Waals surface area contributed by atoms with Gasteiger partial charge in [0.05, 0.1) is 0 Å². The highest BCUT2D eigenvalue weighted by Gasteiger charge is 2.27. The zero-order valence-corrected chi connectivity index (χ0v) is 9.08. The van der Waals surface area contributed by atoms with Gasteiger partial charge in [0.25, 0.3) is 0 Å². The number of hydrogen-bond acceptors (Lipinski definition) is 2. The maximum absolute atomic E-state index is 6.00. The molecule has 1 heterocycles. The Morgan fingerprint density at radius 3 is 2.87 bits per heavy atom. The van der Waals surface area contributed by atoms with Gasteiger partial charge in [-0.05, 0) is 56.0 Å². The predicted molar refractivity (Wildman–Crippen MR) is 62.9 cm³/mol. The maximum atomic E-state index is 6.00. The third-order valence-electron chi connectivity index (χ3n) is 3.90. The van der Waals surface area contributed by atoms with Crippen molar-refractivity contribution in [3.63, 3.8) is 0 Å². The molecule has 0 amide bonds. The largest absolute Gasteiger partial charge is 0.398 e. The monoisotopic (exact) mass is 202 g/mol. The van der Waals surface area contributed by atoms with Gasteiger partial charge in [0.1, 0.15) is 0 Å². The van der Waals surface area contributed by atoms with E-state index in [0.29, 0.717) is 0 Å². The summed E-state index contributed by atoms with van der Waals surface area (Å²) >= 11 is 0. The van der Waals surface area contributed by atoms with E-state index in [1.165, 1.54) is 49.9 Å². The fraction of sp³-hybridized carbons (Fsp3) is 0.538. The minimum atomic E-state index is 0.785. The first-order valence-corrected chi connectivity index (χ1v) is 5.95. The van der Waals surface area contributed by atoms with E-state index in [0.717, 1.165) is 11.7 Å². The Bertz CT molecular complexity index is 369. The van der Waals surface area contributed by atoms with E-state index in [-0.39, 0.29) is 0 Å². The van der Waals surface area contributed by atoms with E-state index in [1.54, 1.807) is 0 Å². The number of anilines is 1. The van der Waals surface area contributed by atoms with E-state index in [2.05, 4.69) is 17.0 Å². The molecular weight excluding hydrogens is 184 g/mol. The van der Waals surface area contributed by atoms with Crippen LogP contribution in [0.15, 0.2) is 18.2 Å². The second-order valence-corrected chi connectivity index (χ2v) is 4.77. The van der Waals surface area contributed by atoms with E-state index >= 15 is 0 Å². The third kappa shape index (κ3) is 1.53. The predicted octanol–water partition coefficient (Wildman–Crippen LogP) is 1.83. The zero-order valence-electron chi connectivity index (χ0n) is 9.08. The Morgan fingerprint density at radius 2 is 2.13 bits per heavy atom. The third-order valence-corrected chi connectivity index (χ3v) is 3.90. The highest BCUT2D eigenvalue weighted by Crippen LogP contribution is 2.30. The smallest absolute Gasteiger partial charge is 0.0349 e. The van der Waals surface area contributed by atoms with Gasteiger partial charge < -0.3 is 5.73 Å². The molecular formula is C13H18N2. The number of rotatable bonds is 1. The summed E-state index contributed by atoms with van der Waals surface area (Å²) in [7, 11) is 0. The number of nitrogen functional groups attached to an aromatic ring is 1. The van der Waals surface area contributed by atoms with Gasteiger partial charge in [-0.2, -0.15) is 0 Å². The zero-order chi connectivity index (χ0) is 10.3. The first-order chi connectivity index (χ1) is 7.34. The van der Waals surface area contributed by atoms with Gasteiger partial charge in [-0.3, -0.25) is 4.90 Å². The molecule has 0 radical (unpaired) electrons. The Kier molecular flexibility index (Phi) is 2.17. The van der Waals surface area contributed by atoms with Crippen LogP contribution in [-0.4, -0.2) is 24.0 Å². The number of likely N-dealkylation sites (tertiary alicyclic amines) is 1. The van der Waals surface area contributed by atoms with Crippen molar-refractivity contribution in [1.29, 1.82) is 0 Å². The fourth-order valence-corrected chi connectivity index (χ4v) is 2.84. The molecule has 2 heteroatoms. The molecule has 80 valence electrons. The molecule has 1 aromatic carbocycles. The molecule has 2 N–H and O–H groups in total. The molecule has 0 spiro atoms. The molecule has 2 nitrogen and oxygen atoms in total. The van der Waals surface area contributed by atoms with Crippen molar-refractivity contribution in [3.05, 3.63) is 29.3 Å². The lowest BCUT2D eigenvalue weighted by molar-refractivity contribution is 0.107. The molecule has 0 saturated carbocycles. The lowest BCUT2D eigenvalue weighted by Gasteiger charge is -2.41. The second-order valence-electron chi connectivity index (χ2n) is 4.77. The SMILES string of the molecule is Nc1cccc2c1CCC(N1CCC1)C2.